The number of nitrogens with zero attached hydrogens (tertiary/aromatic N) is 2. The molecule has 0 amide bonds. The summed E-state index contributed by atoms with van der Waals surface area (Å²) in [5.74, 6) is 1.15. The number of hydrogen-bond acceptors (Lipinski definition) is 4. The van der Waals surface area contributed by atoms with E-state index in [0.29, 0.717) is 69.8 Å². The normalized spacial score (nSPS) is 12.0. The summed E-state index contributed by atoms with van der Waals surface area (Å²) in [6, 6.07) is 49.6. The van der Waals surface area contributed by atoms with Gasteiger partial charge in [0.15, 0.2) is 24.7 Å². The monoisotopic (exact) mass is 1560 g/mol. The van der Waals surface area contributed by atoms with Crippen molar-refractivity contribution >= 4 is 136 Å². The number of thiophene rings is 2. The first-order chi connectivity index (χ1) is 43.3. The smallest absolute Gasteiger partial charge is 0.266 e. The second-order valence-corrected chi connectivity index (χ2v) is 31.5. The number of benzene rings is 8. The van der Waals surface area contributed by atoms with Gasteiger partial charge in [0, 0.05) is 71.0 Å². The van der Waals surface area contributed by atoms with Gasteiger partial charge in [0.25, 0.3) is 11.5 Å². The van der Waals surface area contributed by atoms with E-state index in [1.54, 1.807) is 12.1 Å². The first kappa shape index (κ1) is 71.6. The molecule has 482 valence electrons. The Balaban J connectivity index is 0.000000602. The van der Waals surface area contributed by atoms with Gasteiger partial charge >= 0.3 is 0 Å². The number of fused-ring (bicyclic) bond motifs is 6. The summed E-state index contributed by atoms with van der Waals surface area (Å²) in [4.78, 5) is 1.06. The molecule has 0 atom stereocenters. The van der Waals surface area contributed by atoms with E-state index in [4.69, 9.17) is 79.1 Å². The van der Waals surface area contributed by atoms with Crippen LogP contribution in [-0.2, 0) is 47.5 Å². The molecule has 0 saturated heterocycles. The molecule has 15 heteroatoms. The molecule has 4 heterocycles. The first-order valence-corrected chi connectivity index (χ1v) is 34.6. The maximum atomic E-state index is 12.3. The fourth-order valence-corrected chi connectivity index (χ4v) is 14.7. The van der Waals surface area contributed by atoms with Gasteiger partial charge in [0.1, 0.15) is 11.1 Å². The molecule has 0 spiro atoms. The van der Waals surface area contributed by atoms with Crippen LogP contribution in [0.15, 0.2) is 156 Å². The van der Waals surface area contributed by atoms with E-state index >= 15 is 0 Å². The topological polar surface area (TPSA) is 75.9 Å². The SMILES string of the molecule is CC(C)(C)c1ccc2c(c1)c1cc(C(C)(C)C)ccc1n2-c1csc(-c2c([OH+]CCCC[OH+]c3cc(Cl)c(Cl)c(Cl)c3-c3scc(-n4c5ccc(C(C)(C)C)cc5c5cc(C(C)(C)C)ccc54)c3O)cc(Cl)c(Cl)c2Cl)c1O.[CH2-]c1ccccc1.[CH2-]c1ccccc1.[Hf]. The number of unbranched alkanes of at least 4 members (excludes halogenated alkanes) is 1. The zero-order valence-corrected chi connectivity index (χ0v) is 64.3. The van der Waals surface area contributed by atoms with Gasteiger partial charge in [-0.15, -0.1) is 46.9 Å². The largest absolute Gasteiger partial charge is 0.582 e. The third-order valence-corrected chi connectivity index (χ3v) is 21.0. The molecule has 12 rings (SSSR count). The van der Waals surface area contributed by atoms with Crippen molar-refractivity contribution in [2.24, 2.45) is 0 Å². The summed E-state index contributed by atoms with van der Waals surface area (Å²) in [6.07, 6.45) is 1.27. The zero-order chi connectivity index (χ0) is 66.5. The third kappa shape index (κ3) is 15.1. The van der Waals surface area contributed by atoms with E-state index in [-0.39, 0.29) is 89.1 Å². The molecule has 0 aliphatic heterocycles. The van der Waals surface area contributed by atoms with Crippen molar-refractivity contribution in [2.75, 3.05) is 13.2 Å². The zero-order valence-electron chi connectivity index (χ0n) is 54.5. The average molecular weight is 1560 g/mol. The quantitative estimate of drug-likeness (QED) is 0.0445. The van der Waals surface area contributed by atoms with Crippen molar-refractivity contribution in [3.63, 3.8) is 0 Å². The van der Waals surface area contributed by atoms with Gasteiger partial charge in [-0.2, -0.15) is 49.2 Å². The van der Waals surface area contributed by atoms with Crippen LogP contribution in [0.2, 0.25) is 30.1 Å². The molecule has 0 unspecified atom stereocenters. The van der Waals surface area contributed by atoms with Crippen LogP contribution < -0.4 is 0 Å². The Hall–Kier alpha value is -5.69. The van der Waals surface area contributed by atoms with Crippen molar-refractivity contribution < 1.29 is 45.5 Å². The molecule has 4 aromatic heterocycles. The van der Waals surface area contributed by atoms with Gasteiger partial charge in [0.05, 0.1) is 85.5 Å². The van der Waals surface area contributed by atoms with Crippen LogP contribution in [-0.4, -0.2) is 42.0 Å². The van der Waals surface area contributed by atoms with Crippen molar-refractivity contribution in [1.82, 2.24) is 9.13 Å². The summed E-state index contributed by atoms with van der Waals surface area (Å²) < 4.78 is 14.3. The Kier molecular flexibility index (Phi) is 22.0. The maximum absolute atomic E-state index is 12.3. The first-order valence-electron chi connectivity index (χ1n) is 30.6. The predicted molar refractivity (Wildman–Crippen MR) is 400 cm³/mol. The molecule has 4 N–H and O–H groups in total. The Morgan fingerprint density at radius 3 is 0.925 bits per heavy atom. The van der Waals surface area contributed by atoms with Gasteiger partial charge in [-0.1, -0.05) is 189 Å². The average Bonchev–Trinajstić information content (AvgIpc) is 1.59. The molecule has 12 aromatic rings. The van der Waals surface area contributed by atoms with E-state index in [1.807, 2.05) is 71.4 Å². The molecular formula is C78H78Cl6HfN2O4S2. The molecule has 0 radical (unpaired) electrons. The molecule has 0 aliphatic rings. The van der Waals surface area contributed by atoms with Crippen LogP contribution in [0.25, 0.3) is 75.9 Å². The molecule has 0 saturated carbocycles. The minimum Gasteiger partial charge on any atom is -0.582 e. The van der Waals surface area contributed by atoms with Gasteiger partial charge in [0.2, 0.25) is 0 Å². The van der Waals surface area contributed by atoms with Crippen LogP contribution in [0, 0.1) is 13.8 Å². The number of aromatic nitrogens is 2. The van der Waals surface area contributed by atoms with E-state index in [2.05, 4.69) is 179 Å². The second kappa shape index (κ2) is 28.6. The minimum atomic E-state index is -0.0594. The van der Waals surface area contributed by atoms with Crippen LogP contribution in [0.1, 0.15) is 129 Å². The molecule has 8 aromatic carbocycles. The van der Waals surface area contributed by atoms with Crippen molar-refractivity contribution in [1.29, 1.82) is 0 Å². The molecular weight excluding hydrogens is 1480 g/mol. The van der Waals surface area contributed by atoms with Crippen LogP contribution >= 0.6 is 92.3 Å². The van der Waals surface area contributed by atoms with Gasteiger partial charge in [-0.05, 0) is 92.4 Å². The fourth-order valence-electron chi connectivity index (χ4n) is 11.2. The Morgan fingerprint density at radius 1 is 0.398 bits per heavy atom. The van der Waals surface area contributed by atoms with Crippen LogP contribution in [0.4, 0.5) is 0 Å². The Bertz CT molecular complexity index is 4260. The Labute approximate surface area is 604 Å². The van der Waals surface area contributed by atoms with E-state index in [0.717, 1.165) is 54.7 Å². The van der Waals surface area contributed by atoms with Crippen molar-refractivity contribution in [3.8, 4) is 55.3 Å². The number of aliphatic hydroxyl groups is 2. The van der Waals surface area contributed by atoms with Gasteiger partial charge in [-0.25, -0.2) is 0 Å². The van der Waals surface area contributed by atoms with Gasteiger partial charge < -0.3 is 28.8 Å². The number of halogens is 6. The number of aromatic hydroxyl groups is 4. The standard InChI is InChI=1S/C64H62Cl6N2O4S2.2C7H7.Hf/c1-61(2,3)33-15-19-43-37(25-33)38-26-34(62(4,5)6)16-20-44(38)71(43)47-31-77-59(57(47)73)51-49(29-41(65)53(67)55(51)69)75-23-13-14-24-76-50-30-42(66)54(68)56(70)52(50)60-58(74)48(32-78-60)72-45-21-17-35(63(7,8)9)27-39(45)40-28-36(64(10,11)12)18-22-46(40)72;2*1-7-5-3-2-4-6-7;/h15-22,25-32,73-74H,13-14,23-24H2,1-12H3;2*2-6H,1H2;/q;2*-1;/p+2. The molecule has 93 heavy (non-hydrogen) atoms. The fraction of sp³-hybridized carbons (Fsp3) is 0.256. The van der Waals surface area contributed by atoms with E-state index < -0.39 is 0 Å². The predicted octanol–water partition coefficient (Wildman–Crippen LogP) is 25.6. The molecule has 6 nitrogen and oxygen atoms in total. The summed E-state index contributed by atoms with van der Waals surface area (Å²) in [6.45, 7) is 34.9. The molecule has 0 aliphatic carbocycles. The molecule has 0 fully saturated rings. The number of hydrogen-bond donors (Lipinski definition) is 2. The summed E-state index contributed by atoms with van der Waals surface area (Å²) in [5.41, 5.74) is 13.0. The summed E-state index contributed by atoms with van der Waals surface area (Å²) in [5, 5.41) is 34.3. The van der Waals surface area contributed by atoms with E-state index in [9.17, 15) is 10.2 Å². The minimum absolute atomic E-state index is 0. The summed E-state index contributed by atoms with van der Waals surface area (Å²) >= 11 is 43.8. The third-order valence-electron chi connectivity index (χ3n) is 16.5. The molecule has 0 bridgehead atoms. The van der Waals surface area contributed by atoms with Crippen LogP contribution in [0.5, 0.6) is 23.0 Å². The van der Waals surface area contributed by atoms with Crippen molar-refractivity contribution in [3.05, 3.63) is 234 Å². The number of rotatable bonds is 11. The van der Waals surface area contributed by atoms with Crippen LogP contribution in [0.3, 0.4) is 0 Å². The second-order valence-electron chi connectivity index (χ2n) is 27.4. The summed E-state index contributed by atoms with van der Waals surface area (Å²) in [7, 11) is 0. The maximum Gasteiger partial charge on any atom is 0.266 e. The van der Waals surface area contributed by atoms with Gasteiger partial charge in [-0.3, -0.25) is 0 Å². The Morgan fingerprint density at radius 2 is 0.677 bits per heavy atom. The number of ether oxygens (including phenoxy) is 2. The van der Waals surface area contributed by atoms with Crippen molar-refractivity contribution in [2.45, 2.75) is 118 Å². The van der Waals surface area contributed by atoms with E-state index in [1.165, 1.54) is 44.9 Å².